The largest absolute Gasteiger partial charge is 0.472 e. The molecule has 11 atom stereocenters. The van der Waals surface area contributed by atoms with E-state index in [0.29, 0.717) is 12.8 Å². The van der Waals surface area contributed by atoms with Crippen LogP contribution in [0.2, 0.25) is 0 Å². The topological polar surface area (TPSA) is 114 Å². The molecule has 3 saturated carbocycles. The minimum Gasteiger partial charge on any atom is -0.472 e. The molecule has 9 nitrogen and oxygen atoms in total. The lowest BCUT2D eigenvalue weighted by molar-refractivity contribution is -0.284. The van der Waals surface area contributed by atoms with Crippen LogP contribution in [0.5, 0.6) is 0 Å². The van der Waals surface area contributed by atoms with E-state index >= 15 is 0 Å². The molecule has 40 heavy (non-hydrogen) atoms. The van der Waals surface area contributed by atoms with Crippen LogP contribution in [-0.2, 0) is 38.1 Å². The van der Waals surface area contributed by atoms with Crippen molar-refractivity contribution in [1.82, 2.24) is 0 Å². The number of hydrogen-bond donors (Lipinski definition) is 0. The third kappa shape index (κ3) is 2.82. The average molecular weight is 557 g/mol. The second-order valence-corrected chi connectivity index (χ2v) is 14.7. The van der Waals surface area contributed by atoms with E-state index in [1.807, 2.05) is 33.8 Å². The van der Waals surface area contributed by atoms with Gasteiger partial charge in [0.2, 0.25) is 0 Å². The lowest BCUT2D eigenvalue weighted by atomic mass is 9.34. The number of carbonyl (C=O) groups is 3. The highest BCUT2D eigenvalue weighted by molar-refractivity contribution is 5.91. The Bertz CT molecular complexity index is 1300. The van der Waals surface area contributed by atoms with Crippen molar-refractivity contribution < 1.29 is 42.5 Å². The maximum absolute atomic E-state index is 13.9. The van der Waals surface area contributed by atoms with Gasteiger partial charge in [0.1, 0.15) is 30.0 Å². The van der Waals surface area contributed by atoms with E-state index < -0.39 is 75.5 Å². The summed E-state index contributed by atoms with van der Waals surface area (Å²) in [6.45, 7) is 15.6. The predicted octanol–water partition coefficient (Wildman–Crippen LogP) is 4.52. The van der Waals surface area contributed by atoms with Crippen LogP contribution in [0.15, 0.2) is 23.0 Å². The van der Waals surface area contributed by atoms with Crippen molar-refractivity contribution in [2.75, 3.05) is 0 Å². The zero-order valence-corrected chi connectivity index (χ0v) is 24.6. The molecule has 2 unspecified atom stereocenters. The molecule has 1 aromatic heterocycles. The van der Waals surface area contributed by atoms with Crippen molar-refractivity contribution in [3.05, 3.63) is 24.2 Å². The summed E-state index contributed by atoms with van der Waals surface area (Å²) >= 11 is 0. The maximum atomic E-state index is 13.9. The zero-order chi connectivity index (χ0) is 28.8. The summed E-state index contributed by atoms with van der Waals surface area (Å²) in [5.74, 6) is -1.93. The summed E-state index contributed by atoms with van der Waals surface area (Å²) in [7, 11) is 0. The Morgan fingerprint density at radius 2 is 1.70 bits per heavy atom. The normalized spacial score (nSPS) is 51.4. The third-order valence-corrected chi connectivity index (χ3v) is 12.2. The Balaban J connectivity index is 1.43. The van der Waals surface area contributed by atoms with Crippen LogP contribution in [0.3, 0.4) is 0 Å². The number of epoxide rings is 1. The fourth-order valence-electron chi connectivity index (χ4n) is 10.7. The number of furan rings is 1. The van der Waals surface area contributed by atoms with Crippen LogP contribution in [0.25, 0.3) is 0 Å². The van der Waals surface area contributed by atoms with Gasteiger partial charge in [-0.25, -0.2) is 4.79 Å². The summed E-state index contributed by atoms with van der Waals surface area (Å²) in [4.78, 5) is 40.1. The molecular formula is C31H40O9. The van der Waals surface area contributed by atoms with Gasteiger partial charge in [-0.15, -0.1) is 0 Å². The third-order valence-electron chi connectivity index (χ3n) is 12.2. The molecular weight excluding hydrogens is 516 g/mol. The van der Waals surface area contributed by atoms with E-state index in [1.165, 1.54) is 6.92 Å². The molecule has 3 saturated heterocycles. The average Bonchev–Trinajstić information content (AvgIpc) is 3.26. The van der Waals surface area contributed by atoms with E-state index in [-0.39, 0.29) is 17.6 Å². The predicted molar refractivity (Wildman–Crippen MR) is 138 cm³/mol. The van der Waals surface area contributed by atoms with Gasteiger partial charge in [0.25, 0.3) is 0 Å². The SMILES string of the molecule is CC(=O)O[C@@H]1C[C@H]2C(C)(C)C(=O)C3OC(C)(C)OC3[C@]2(C)[C@H]2CC[C@@]3(C)[C@@H](c4ccoc4)OC(=O)[C@H]4O[C@]43[C@@]21C. The van der Waals surface area contributed by atoms with E-state index in [1.54, 1.807) is 12.5 Å². The Hall–Kier alpha value is -2.23. The van der Waals surface area contributed by atoms with Crippen LogP contribution in [0.4, 0.5) is 0 Å². The van der Waals surface area contributed by atoms with Crippen molar-refractivity contribution in [2.24, 2.45) is 33.5 Å². The van der Waals surface area contributed by atoms with Crippen LogP contribution < -0.4 is 0 Å². The lowest BCUT2D eigenvalue weighted by Gasteiger charge is -2.70. The maximum Gasteiger partial charge on any atom is 0.339 e. The quantitative estimate of drug-likeness (QED) is 0.383. The van der Waals surface area contributed by atoms with Crippen molar-refractivity contribution in [2.45, 2.75) is 117 Å². The van der Waals surface area contributed by atoms with Crippen molar-refractivity contribution in [1.29, 1.82) is 0 Å². The number of hydrogen-bond acceptors (Lipinski definition) is 9. The number of carbonyl (C=O) groups excluding carboxylic acids is 3. The fourth-order valence-corrected chi connectivity index (χ4v) is 10.7. The Kier molecular flexibility index (Phi) is 5.05. The first-order valence-electron chi connectivity index (χ1n) is 14.5. The van der Waals surface area contributed by atoms with Gasteiger partial charge < -0.3 is 28.1 Å². The highest BCUT2D eigenvalue weighted by atomic mass is 16.8. The van der Waals surface area contributed by atoms with Crippen molar-refractivity contribution in [3.8, 4) is 0 Å². The van der Waals surface area contributed by atoms with Gasteiger partial charge in [-0.05, 0) is 51.0 Å². The van der Waals surface area contributed by atoms with Crippen LogP contribution >= 0.6 is 0 Å². The van der Waals surface area contributed by atoms with Crippen LogP contribution in [0.1, 0.15) is 86.3 Å². The van der Waals surface area contributed by atoms with Crippen molar-refractivity contribution in [3.63, 3.8) is 0 Å². The highest BCUT2D eigenvalue weighted by Crippen LogP contribution is 2.80. The molecule has 1 aromatic rings. The van der Waals surface area contributed by atoms with E-state index in [0.717, 1.165) is 12.0 Å². The monoisotopic (exact) mass is 556 g/mol. The van der Waals surface area contributed by atoms with Gasteiger partial charge in [0.15, 0.2) is 17.7 Å². The van der Waals surface area contributed by atoms with Gasteiger partial charge in [-0.3, -0.25) is 9.59 Å². The molecule has 6 fully saturated rings. The zero-order valence-electron chi connectivity index (χ0n) is 24.6. The Labute approximate surface area is 234 Å². The molecule has 6 aliphatic rings. The number of Topliss-reactive ketones (excluding diaryl/α,β-unsaturated/α-hetero) is 1. The van der Waals surface area contributed by atoms with Crippen LogP contribution in [0, 0.1) is 33.5 Å². The Morgan fingerprint density at radius 3 is 2.35 bits per heavy atom. The van der Waals surface area contributed by atoms with Gasteiger partial charge in [0.05, 0.1) is 12.5 Å². The fraction of sp³-hybridized carbons (Fsp3) is 0.774. The first-order valence-corrected chi connectivity index (χ1v) is 14.5. The van der Waals surface area contributed by atoms with Gasteiger partial charge in [0, 0.05) is 34.1 Å². The smallest absolute Gasteiger partial charge is 0.339 e. The molecule has 0 aromatic carbocycles. The number of ketones is 1. The summed E-state index contributed by atoms with van der Waals surface area (Å²) in [5, 5.41) is 0. The molecule has 4 heterocycles. The summed E-state index contributed by atoms with van der Waals surface area (Å²) in [6.07, 6.45) is 2.03. The second kappa shape index (κ2) is 7.58. The van der Waals surface area contributed by atoms with E-state index in [9.17, 15) is 14.4 Å². The van der Waals surface area contributed by atoms with E-state index in [4.69, 9.17) is 28.1 Å². The minimum atomic E-state index is -0.940. The van der Waals surface area contributed by atoms with Crippen LogP contribution in [-0.4, -0.2) is 53.5 Å². The molecule has 9 heteroatoms. The molecule has 0 amide bonds. The highest BCUT2D eigenvalue weighted by Gasteiger charge is 2.89. The second-order valence-electron chi connectivity index (χ2n) is 14.7. The summed E-state index contributed by atoms with van der Waals surface area (Å²) in [6, 6.07) is 1.83. The molecule has 7 rings (SSSR count). The molecule has 0 radical (unpaired) electrons. The summed E-state index contributed by atoms with van der Waals surface area (Å²) < 4.78 is 37.2. The van der Waals surface area contributed by atoms with E-state index in [2.05, 4.69) is 20.8 Å². The number of rotatable bonds is 2. The first-order chi connectivity index (χ1) is 18.6. The lowest BCUT2D eigenvalue weighted by Crippen LogP contribution is -2.76. The van der Waals surface area contributed by atoms with Gasteiger partial charge in [-0.1, -0.05) is 34.6 Å². The molecule has 3 aliphatic heterocycles. The number of ether oxygens (including phenoxy) is 5. The van der Waals surface area contributed by atoms with Gasteiger partial charge >= 0.3 is 11.9 Å². The Morgan fingerprint density at radius 1 is 0.975 bits per heavy atom. The van der Waals surface area contributed by atoms with Crippen molar-refractivity contribution >= 4 is 17.7 Å². The molecule has 1 spiro atoms. The molecule has 0 N–H and O–H groups in total. The number of fused-ring (bicyclic) bond motifs is 5. The number of cyclic esters (lactones) is 1. The first kappa shape index (κ1) is 26.7. The molecule has 218 valence electrons. The minimum absolute atomic E-state index is 0.0244. The van der Waals surface area contributed by atoms with Gasteiger partial charge in [-0.2, -0.15) is 0 Å². The number of esters is 2. The summed E-state index contributed by atoms with van der Waals surface area (Å²) in [5.41, 5.74) is -2.81. The molecule has 3 aliphatic carbocycles. The molecule has 0 bridgehead atoms. The standard InChI is InChI=1S/C31H40O9/c1-15(32)36-19-13-18-26(2,3)21(33)20-23(39-27(4,5)38-20)29(18,7)17-9-11-28(6)22(16-10-12-35-14-16)37-25(34)24-31(28,40-24)30(17,19)8/h10,12,14,17-20,22-24H,9,11,13H2,1-8H3/t17-,18+,19-,20?,22-,23?,24-,28+,29-,30+,31-/m1/s1.